The summed E-state index contributed by atoms with van der Waals surface area (Å²) >= 11 is 3.51. The lowest BCUT2D eigenvalue weighted by atomic mass is 9.98. The molecule has 0 amide bonds. The van der Waals surface area contributed by atoms with Crippen molar-refractivity contribution in [3.63, 3.8) is 0 Å². The van der Waals surface area contributed by atoms with Crippen LogP contribution in [0.4, 0.5) is 0 Å². The predicted octanol–water partition coefficient (Wildman–Crippen LogP) is 3.95. The molecule has 2 aromatic rings. The summed E-state index contributed by atoms with van der Waals surface area (Å²) in [6, 6.07) is 9.55. The molecule has 0 atom stereocenters. The number of halogens is 1. The Morgan fingerprint density at radius 3 is 1.95 bits per heavy atom. The van der Waals surface area contributed by atoms with Crippen molar-refractivity contribution in [3.05, 3.63) is 40.4 Å². The van der Waals surface area contributed by atoms with Crippen LogP contribution >= 0.6 is 15.9 Å². The summed E-state index contributed by atoms with van der Waals surface area (Å²) in [5, 5.41) is 0. The van der Waals surface area contributed by atoms with Gasteiger partial charge in [-0.05, 0) is 21.5 Å². The zero-order valence-electron chi connectivity index (χ0n) is 12.0. The van der Waals surface area contributed by atoms with E-state index in [2.05, 4.69) is 15.9 Å². The molecule has 0 aliphatic carbocycles. The fraction of sp³-hybridized carbons (Fsp3) is 0.188. The van der Waals surface area contributed by atoms with Crippen LogP contribution < -0.4 is 14.2 Å². The summed E-state index contributed by atoms with van der Waals surface area (Å²) in [6.07, 6.45) is 0.758. The lowest BCUT2D eigenvalue weighted by Crippen LogP contribution is -2.02. The minimum atomic E-state index is 0.353. The fourth-order valence-corrected chi connectivity index (χ4v) is 3.02. The van der Waals surface area contributed by atoms with Gasteiger partial charge in [-0.25, -0.2) is 0 Å². The zero-order chi connectivity index (χ0) is 15.4. The van der Waals surface area contributed by atoms with E-state index in [-0.39, 0.29) is 0 Å². The van der Waals surface area contributed by atoms with E-state index >= 15 is 0 Å². The molecule has 0 heterocycles. The van der Waals surface area contributed by atoms with Crippen molar-refractivity contribution >= 4 is 22.2 Å². The summed E-state index contributed by atoms with van der Waals surface area (Å²) in [4.78, 5) is 11.6. The molecule has 2 aromatic carbocycles. The fourth-order valence-electron chi connectivity index (χ4n) is 2.24. The van der Waals surface area contributed by atoms with Gasteiger partial charge >= 0.3 is 0 Å². The Morgan fingerprint density at radius 1 is 0.905 bits per heavy atom. The van der Waals surface area contributed by atoms with Gasteiger partial charge in [-0.1, -0.05) is 30.3 Å². The van der Waals surface area contributed by atoms with Crippen LogP contribution in [0, 0.1) is 0 Å². The van der Waals surface area contributed by atoms with Gasteiger partial charge in [0.05, 0.1) is 31.4 Å². The third-order valence-electron chi connectivity index (χ3n) is 3.14. The van der Waals surface area contributed by atoms with Crippen LogP contribution in [-0.2, 0) is 0 Å². The number of methoxy groups -OCH3 is 3. The van der Waals surface area contributed by atoms with E-state index in [0.29, 0.717) is 32.8 Å². The molecule has 0 aliphatic heterocycles. The highest BCUT2D eigenvalue weighted by Gasteiger charge is 2.25. The van der Waals surface area contributed by atoms with E-state index in [1.165, 1.54) is 21.3 Å². The summed E-state index contributed by atoms with van der Waals surface area (Å²) in [6.45, 7) is 0. The lowest BCUT2D eigenvalue weighted by molar-refractivity contribution is 0.112. The molecule has 0 fully saturated rings. The average molecular weight is 351 g/mol. The third-order valence-corrected chi connectivity index (χ3v) is 3.89. The molecule has 0 radical (unpaired) electrons. The molecule has 0 N–H and O–H groups in total. The minimum absolute atomic E-state index is 0.353. The standard InChI is InChI=1S/C16H15BrO4/c1-19-14-11(9-18)12(10-7-5-4-6-8-10)13(17)15(20-2)16(14)21-3/h4-9H,1-3H3. The number of hydrogen-bond acceptors (Lipinski definition) is 4. The van der Waals surface area contributed by atoms with Crippen molar-refractivity contribution < 1.29 is 19.0 Å². The van der Waals surface area contributed by atoms with E-state index in [9.17, 15) is 4.79 Å². The third kappa shape index (κ3) is 2.61. The Labute approximate surface area is 131 Å². The number of carbonyl (C=O) groups is 1. The van der Waals surface area contributed by atoms with Gasteiger partial charge in [-0.15, -0.1) is 0 Å². The molecule has 2 rings (SSSR count). The van der Waals surface area contributed by atoms with Crippen molar-refractivity contribution in [2.75, 3.05) is 21.3 Å². The van der Waals surface area contributed by atoms with E-state index in [4.69, 9.17) is 14.2 Å². The Hall–Kier alpha value is -2.01. The first-order valence-electron chi connectivity index (χ1n) is 6.21. The Kier molecular flexibility index (Phi) is 4.85. The smallest absolute Gasteiger partial charge is 0.205 e. The highest BCUT2D eigenvalue weighted by Crippen LogP contribution is 2.50. The second-order valence-electron chi connectivity index (χ2n) is 4.19. The van der Waals surface area contributed by atoms with Crippen LogP contribution in [0.15, 0.2) is 34.8 Å². The first-order valence-corrected chi connectivity index (χ1v) is 7.00. The van der Waals surface area contributed by atoms with Gasteiger partial charge in [0.1, 0.15) is 0 Å². The van der Waals surface area contributed by atoms with Crippen LogP contribution in [0.2, 0.25) is 0 Å². The van der Waals surface area contributed by atoms with Gasteiger partial charge in [0.15, 0.2) is 17.8 Å². The molecule has 0 aromatic heterocycles. The van der Waals surface area contributed by atoms with Crippen LogP contribution in [0.25, 0.3) is 11.1 Å². The molecular weight excluding hydrogens is 336 g/mol. The van der Waals surface area contributed by atoms with Gasteiger partial charge in [0, 0.05) is 5.56 Å². The van der Waals surface area contributed by atoms with E-state index in [1.807, 2.05) is 30.3 Å². The number of rotatable bonds is 5. The molecule has 5 heteroatoms. The Bertz CT molecular complexity index is 653. The van der Waals surface area contributed by atoms with Gasteiger partial charge in [-0.2, -0.15) is 0 Å². The monoisotopic (exact) mass is 350 g/mol. The molecule has 21 heavy (non-hydrogen) atoms. The predicted molar refractivity (Wildman–Crippen MR) is 84.6 cm³/mol. The molecule has 0 aliphatic rings. The molecule has 0 saturated heterocycles. The molecule has 0 unspecified atom stereocenters. The Morgan fingerprint density at radius 2 is 1.48 bits per heavy atom. The van der Waals surface area contributed by atoms with Gasteiger partial charge in [0.25, 0.3) is 0 Å². The first kappa shape index (κ1) is 15.4. The van der Waals surface area contributed by atoms with Crippen molar-refractivity contribution in [1.29, 1.82) is 0 Å². The number of benzene rings is 2. The van der Waals surface area contributed by atoms with Crippen molar-refractivity contribution in [3.8, 4) is 28.4 Å². The lowest BCUT2D eigenvalue weighted by Gasteiger charge is -2.19. The molecule has 110 valence electrons. The van der Waals surface area contributed by atoms with Gasteiger partial charge in [-0.3, -0.25) is 4.79 Å². The largest absolute Gasteiger partial charge is 0.492 e. The maximum absolute atomic E-state index is 11.6. The molecule has 4 nitrogen and oxygen atoms in total. The van der Waals surface area contributed by atoms with Crippen molar-refractivity contribution in [1.82, 2.24) is 0 Å². The topological polar surface area (TPSA) is 44.8 Å². The normalized spacial score (nSPS) is 10.1. The van der Waals surface area contributed by atoms with E-state index in [1.54, 1.807) is 0 Å². The summed E-state index contributed by atoms with van der Waals surface area (Å²) in [5.41, 5.74) is 2.00. The van der Waals surface area contributed by atoms with Crippen LogP contribution in [-0.4, -0.2) is 27.6 Å². The minimum Gasteiger partial charge on any atom is -0.492 e. The number of carbonyl (C=O) groups excluding carboxylic acids is 1. The molecular formula is C16H15BrO4. The van der Waals surface area contributed by atoms with Crippen LogP contribution in [0.5, 0.6) is 17.2 Å². The number of ether oxygens (including phenoxy) is 3. The number of aldehydes is 1. The molecule has 0 bridgehead atoms. The van der Waals surface area contributed by atoms with Crippen LogP contribution in [0.1, 0.15) is 10.4 Å². The van der Waals surface area contributed by atoms with Crippen molar-refractivity contribution in [2.45, 2.75) is 0 Å². The van der Waals surface area contributed by atoms with Gasteiger partial charge in [0.2, 0.25) is 5.75 Å². The second kappa shape index (κ2) is 6.63. The van der Waals surface area contributed by atoms with E-state index in [0.717, 1.165) is 11.8 Å². The second-order valence-corrected chi connectivity index (χ2v) is 4.98. The number of hydrogen-bond donors (Lipinski definition) is 0. The first-order chi connectivity index (χ1) is 10.2. The van der Waals surface area contributed by atoms with Crippen molar-refractivity contribution in [2.24, 2.45) is 0 Å². The van der Waals surface area contributed by atoms with Crippen LogP contribution in [0.3, 0.4) is 0 Å². The van der Waals surface area contributed by atoms with Gasteiger partial charge < -0.3 is 14.2 Å². The average Bonchev–Trinajstić information content (AvgIpc) is 2.54. The van der Waals surface area contributed by atoms with E-state index < -0.39 is 0 Å². The maximum Gasteiger partial charge on any atom is 0.205 e. The summed E-state index contributed by atoms with van der Waals surface area (Å²) in [5.74, 6) is 1.22. The Balaban J connectivity index is 2.90. The molecule has 0 spiro atoms. The highest BCUT2D eigenvalue weighted by molar-refractivity contribution is 9.10. The highest BCUT2D eigenvalue weighted by atomic mass is 79.9. The summed E-state index contributed by atoms with van der Waals surface area (Å²) in [7, 11) is 4.54. The zero-order valence-corrected chi connectivity index (χ0v) is 13.6. The summed E-state index contributed by atoms with van der Waals surface area (Å²) < 4.78 is 16.7. The molecule has 0 saturated carbocycles. The SMILES string of the molecule is COc1c(Br)c(-c2ccccc2)c(C=O)c(OC)c1OC. The quantitative estimate of drug-likeness (QED) is 0.765. The maximum atomic E-state index is 11.6.